The maximum atomic E-state index is 6.11. The Labute approximate surface area is 201 Å². The molecule has 0 amide bonds. The molecule has 4 aromatic carbocycles. The number of allylic oxidation sites excluding steroid dienone is 1. The van der Waals surface area contributed by atoms with Crippen LogP contribution in [-0.4, -0.2) is 0 Å². The van der Waals surface area contributed by atoms with Crippen molar-refractivity contribution in [2.75, 3.05) is 0 Å². The van der Waals surface area contributed by atoms with E-state index in [2.05, 4.69) is 109 Å². The van der Waals surface area contributed by atoms with Gasteiger partial charge in [-0.25, -0.2) is 0 Å². The summed E-state index contributed by atoms with van der Waals surface area (Å²) in [4.78, 5) is 0. The molecule has 4 aromatic rings. The summed E-state index contributed by atoms with van der Waals surface area (Å²) < 4.78 is 0. The van der Waals surface area contributed by atoms with E-state index in [1.165, 1.54) is 27.8 Å². The lowest BCUT2D eigenvalue weighted by atomic mass is 9.60. The predicted octanol–water partition coefficient (Wildman–Crippen LogP) is 5.21. The maximum absolute atomic E-state index is 6.11. The topological polar surface area (TPSA) is 78.1 Å². The number of hydrogen-bond acceptors (Lipinski definition) is 3. The zero-order chi connectivity index (χ0) is 23.5. The first-order valence-electron chi connectivity index (χ1n) is 11.9. The predicted molar refractivity (Wildman–Crippen MR) is 141 cm³/mol. The minimum Gasteiger partial charge on any atom is -0.326 e. The Kier molecular flexibility index (Phi) is 6.16. The van der Waals surface area contributed by atoms with Crippen molar-refractivity contribution < 1.29 is 0 Å². The van der Waals surface area contributed by atoms with E-state index in [0.29, 0.717) is 19.6 Å². The quantitative estimate of drug-likeness (QED) is 0.342. The molecule has 0 saturated carbocycles. The van der Waals surface area contributed by atoms with Crippen molar-refractivity contribution in [1.29, 1.82) is 0 Å². The molecule has 0 spiro atoms. The highest BCUT2D eigenvalue weighted by molar-refractivity contribution is 5.68. The van der Waals surface area contributed by atoms with Gasteiger partial charge < -0.3 is 17.2 Å². The monoisotopic (exact) mass is 445 g/mol. The van der Waals surface area contributed by atoms with Gasteiger partial charge in [0.2, 0.25) is 0 Å². The first-order chi connectivity index (χ1) is 16.7. The average Bonchev–Trinajstić information content (AvgIpc) is 3.34. The Morgan fingerprint density at radius 3 is 1.50 bits per heavy atom. The molecule has 0 heterocycles. The van der Waals surface area contributed by atoms with E-state index >= 15 is 0 Å². The van der Waals surface area contributed by atoms with Crippen LogP contribution in [-0.2, 0) is 25.0 Å². The molecule has 0 radical (unpaired) electrons. The summed E-state index contributed by atoms with van der Waals surface area (Å²) in [5, 5.41) is 0. The normalized spacial score (nSPS) is 14.9. The van der Waals surface area contributed by atoms with Crippen molar-refractivity contribution in [3.8, 4) is 0 Å². The summed E-state index contributed by atoms with van der Waals surface area (Å²) in [6, 6.07) is 34.8. The molecule has 1 atom stereocenters. The molecule has 0 aliphatic heterocycles. The van der Waals surface area contributed by atoms with Crippen LogP contribution in [0, 0.1) is 0 Å². The van der Waals surface area contributed by atoms with Gasteiger partial charge in [-0.05, 0) is 44.5 Å². The molecule has 3 nitrogen and oxygen atoms in total. The van der Waals surface area contributed by atoms with Crippen molar-refractivity contribution in [2.24, 2.45) is 17.2 Å². The Balaban J connectivity index is 1.91. The number of hydrogen-bond donors (Lipinski definition) is 3. The molecule has 1 unspecified atom stereocenters. The van der Waals surface area contributed by atoms with Crippen LogP contribution >= 0.6 is 0 Å². The Hall–Kier alpha value is -3.50. The second-order valence-corrected chi connectivity index (χ2v) is 8.99. The van der Waals surface area contributed by atoms with E-state index in [0.717, 1.165) is 16.7 Å². The van der Waals surface area contributed by atoms with Gasteiger partial charge in [-0.2, -0.15) is 0 Å². The third-order valence-corrected chi connectivity index (χ3v) is 7.12. The van der Waals surface area contributed by atoms with Crippen LogP contribution < -0.4 is 17.2 Å². The second kappa shape index (κ2) is 9.40. The van der Waals surface area contributed by atoms with Gasteiger partial charge in [-0.3, -0.25) is 0 Å². The fraction of sp³-hybridized carbons (Fsp3) is 0.161. The van der Waals surface area contributed by atoms with Crippen LogP contribution in [0.5, 0.6) is 0 Å². The summed E-state index contributed by atoms with van der Waals surface area (Å²) in [7, 11) is 0. The van der Waals surface area contributed by atoms with E-state index in [1.807, 2.05) is 0 Å². The van der Waals surface area contributed by atoms with E-state index in [-0.39, 0.29) is 5.92 Å². The van der Waals surface area contributed by atoms with Gasteiger partial charge in [0.1, 0.15) is 0 Å². The zero-order valence-electron chi connectivity index (χ0n) is 19.3. The van der Waals surface area contributed by atoms with Crippen molar-refractivity contribution in [3.63, 3.8) is 0 Å². The lowest BCUT2D eigenvalue weighted by Gasteiger charge is -2.42. The van der Waals surface area contributed by atoms with Crippen LogP contribution in [0.1, 0.15) is 50.4 Å². The summed E-state index contributed by atoms with van der Waals surface area (Å²) in [6.45, 7) is 1.48. The number of nitrogens with two attached hydrogens (primary N) is 3. The largest absolute Gasteiger partial charge is 0.326 e. The standard InChI is InChI=1S/C31H31N3/c32-19-22-6-3-10-26(16-22)31(27-11-4-7-23(17-27)20-33,28-12-5-8-24(18-28)21-34)30-15-14-25-9-1-2-13-29(25)30/h1-18,30H,19-21,32-34H2. The molecule has 0 aromatic heterocycles. The van der Waals surface area contributed by atoms with Gasteiger partial charge >= 0.3 is 0 Å². The average molecular weight is 446 g/mol. The Bertz CT molecular complexity index is 1220. The minimum absolute atomic E-state index is 0.0952. The smallest absolute Gasteiger partial charge is 0.0554 e. The summed E-state index contributed by atoms with van der Waals surface area (Å²) >= 11 is 0. The van der Waals surface area contributed by atoms with E-state index < -0.39 is 5.41 Å². The highest BCUT2D eigenvalue weighted by atomic mass is 14.5. The molecular weight excluding hydrogens is 414 g/mol. The molecule has 34 heavy (non-hydrogen) atoms. The zero-order valence-corrected chi connectivity index (χ0v) is 19.3. The second-order valence-electron chi connectivity index (χ2n) is 8.99. The van der Waals surface area contributed by atoms with Crippen molar-refractivity contribution >= 4 is 6.08 Å². The van der Waals surface area contributed by atoms with Gasteiger partial charge in [0.05, 0.1) is 5.41 Å². The highest BCUT2D eigenvalue weighted by Gasteiger charge is 2.45. The minimum atomic E-state index is -0.482. The van der Waals surface area contributed by atoms with Gasteiger partial charge in [0.25, 0.3) is 0 Å². The van der Waals surface area contributed by atoms with Gasteiger partial charge in [-0.1, -0.05) is 109 Å². The van der Waals surface area contributed by atoms with Gasteiger partial charge in [0.15, 0.2) is 0 Å². The van der Waals surface area contributed by atoms with Crippen LogP contribution in [0.15, 0.2) is 103 Å². The Morgan fingerprint density at radius 1 is 0.559 bits per heavy atom. The van der Waals surface area contributed by atoms with Gasteiger partial charge in [0, 0.05) is 25.6 Å². The molecule has 0 fully saturated rings. The SMILES string of the molecule is NCc1cccc(C(c2cccc(CN)c2)(c2cccc(CN)c2)C2C=Cc3ccccc32)c1. The van der Waals surface area contributed by atoms with Crippen LogP contribution in [0.3, 0.4) is 0 Å². The van der Waals surface area contributed by atoms with Crippen LogP contribution in [0.25, 0.3) is 6.08 Å². The molecule has 0 bridgehead atoms. The van der Waals surface area contributed by atoms with Crippen LogP contribution in [0.4, 0.5) is 0 Å². The summed E-state index contributed by atoms with van der Waals surface area (Å²) in [5.74, 6) is 0.0952. The lowest BCUT2D eigenvalue weighted by molar-refractivity contribution is 0.553. The highest BCUT2D eigenvalue weighted by Crippen LogP contribution is 2.53. The Morgan fingerprint density at radius 2 is 1.03 bits per heavy atom. The summed E-state index contributed by atoms with van der Waals surface area (Å²) in [6.07, 6.45) is 4.60. The molecule has 3 heteroatoms. The van der Waals surface area contributed by atoms with Crippen molar-refractivity contribution in [2.45, 2.75) is 31.0 Å². The molecule has 5 rings (SSSR count). The van der Waals surface area contributed by atoms with Crippen LogP contribution in [0.2, 0.25) is 0 Å². The van der Waals surface area contributed by atoms with E-state index in [9.17, 15) is 0 Å². The third-order valence-electron chi connectivity index (χ3n) is 7.12. The fourth-order valence-electron chi connectivity index (χ4n) is 5.50. The molecule has 6 N–H and O–H groups in total. The van der Waals surface area contributed by atoms with Gasteiger partial charge in [-0.15, -0.1) is 0 Å². The van der Waals surface area contributed by atoms with E-state index in [1.54, 1.807) is 0 Å². The molecule has 170 valence electrons. The number of fused-ring (bicyclic) bond motifs is 1. The first-order valence-corrected chi connectivity index (χ1v) is 11.9. The molecule has 1 aliphatic rings. The number of benzene rings is 4. The molecular formula is C31H31N3. The lowest BCUT2D eigenvalue weighted by Crippen LogP contribution is -2.36. The third kappa shape index (κ3) is 3.68. The fourth-order valence-corrected chi connectivity index (χ4v) is 5.50. The first kappa shape index (κ1) is 22.3. The van der Waals surface area contributed by atoms with E-state index in [4.69, 9.17) is 17.2 Å². The van der Waals surface area contributed by atoms with Crippen molar-refractivity contribution in [1.82, 2.24) is 0 Å². The molecule has 0 saturated heterocycles. The van der Waals surface area contributed by atoms with Crippen molar-refractivity contribution in [3.05, 3.63) is 148 Å². The number of rotatable bonds is 7. The summed E-state index contributed by atoms with van der Waals surface area (Å²) in [5.41, 5.74) is 27.4. The molecule has 1 aliphatic carbocycles. The maximum Gasteiger partial charge on any atom is 0.0554 e.